The van der Waals surface area contributed by atoms with E-state index in [-0.39, 0.29) is 11.6 Å². The summed E-state index contributed by atoms with van der Waals surface area (Å²) in [5.41, 5.74) is 6.01. The lowest BCUT2D eigenvalue weighted by atomic mass is 10.0. The molecule has 6 aromatic rings. The molecule has 0 aliphatic carbocycles. The summed E-state index contributed by atoms with van der Waals surface area (Å²) in [6.45, 7) is 2.03. The summed E-state index contributed by atoms with van der Waals surface area (Å²) in [5, 5.41) is 5.04. The van der Waals surface area contributed by atoms with Crippen molar-refractivity contribution in [3.63, 3.8) is 0 Å². The van der Waals surface area contributed by atoms with Crippen molar-refractivity contribution in [2.24, 2.45) is 0 Å². The van der Waals surface area contributed by atoms with Crippen LogP contribution in [-0.2, 0) is 0 Å². The van der Waals surface area contributed by atoms with Crippen LogP contribution in [0.15, 0.2) is 102 Å². The molecule has 0 bridgehead atoms. The normalized spacial score (nSPS) is 12.4. The first-order valence-electron chi connectivity index (χ1n) is 12.0. The van der Waals surface area contributed by atoms with Crippen molar-refractivity contribution in [1.82, 2.24) is 19.5 Å². The number of nitrogens with zero attached hydrogens (tertiary/aromatic N) is 4. The molecule has 3 heterocycles. The van der Waals surface area contributed by atoms with Gasteiger partial charge in [0.25, 0.3) is 5.56 Å². The van der Waals surface area contributed by atoms with Crippen molar-refractivity contribution in [2.75, 3.05) is 5.32 Å². The number of aromatic nitrogens is 4. The van der Waals surface area contributed by atoms with E-state index >= 15 is 0 Å². The fourth-order valence-electron chi connectivity index (χ4n) is 4.54. The average molecular weight is 502 g/mol. The highest BCUT2D eigenvalue weighted by Gasteiger charge is 2.19. The Labute approximate surface area is 217 Å². The van der Waals surface area contributed by atoms with Crippen molar-refractivity contribution in [1.29, 1.82) is 0 Å². The number of anilines is 1. The summed E-state index contributed by atoms with van der Waals surface area (Å²) < 4.78 is 1.79. The van der Waals surface area contributed by atoms with Crippen LogP contribution in [0, 0.1) is 0 Å². The number of thiazole rings is 1. The first kappa shape index (κ1) is 22.8. The molecule has 180 valence electrons. The van der Waals surface area contributed by atoms with Gasteiger partial charge in [-0.2, -0.15) is 0 Å². The Morgan fingerprint density at radius 2 is 1.68 bits per heavy atom. The fourth-order valence-corrected chi connectivity index (χ4v) is 5.17. The van der Waals surface area contributed by atoms with Gasteiger partial charge in [0.15, 0.2) is 5.82 Å². The van der Waals surface area contributed by atoms with Gasteiger partial charge in [0.1, 0.15) is 16.7 Å². The van der Waals surface area contributed by atoms with Crippen LogP contribution in [0.3, 0.4) is 0 Å². The molecule has 1 atom stereocenters. The summed E-state index contributed by atoms with van der Waals surface area (Å²) in [6.07, 6.45) is 5.58. The molecule has 1 unspecified atom stereocenters. The van der Waals surface area contributed by atoms with Gasteiger partial charge in [-0.25, -0.2) is 15.0 Å². The quantitative estimate of drug-likeness (QED) is 0.256. The van der Waals surface area contributed by atoms with Crippen molar-refractivity contribution in [3.8, 4) is 5.69 Å². The number of fused-ring (bicyclic) bond motifs is 2. The van der Waals surface area contributed by atoms with E-state index in [4.69, 9.17) is 0 Å². The van der Waals surface area contributed by atoms with Crippen molar-refractivity contribution in [2.45, 2.75) is 13.0 Å². The molecule has 0 aliphatic heterocycles. The average Bonchev–Trinajstić information content (AvgIpc) is 3.43. The second-order valence-corrected chi connectivity index (χ2v) is 9.53. The molecule has 6 nitrogen and oxygen atoms in total. The molecule has 7 heteroatoms. The molecule has 37 heavy (non-hydrogen) atoms. The zero-order valence-corrected chi connectivity index (χ0v) is 20.9. The third-order valence-corrected chi connectivity index (χ3v) is 7.04. The molecule has 1 N–H and O–H groups in total. The van der Waals surface area contributed by atoms with Crippen LogP contribution >= 0.6 is 11.3 Å². The fraction of sp³-hybridized carbons (Fsp3) is 0.0667. The standard InChI is InChI=1S/C30H23N5OS/c1-20(34-28-27-29(32-18-31-28)37-19-33-27)25-17-23-12-8-11-22(16-15-21-9-4-2-5-10-21)26(23)30(36)35(25)24-13-6-3-7-14-24/h2-20H,1H3,(H,31,32,34). The first-order chi connectivity index (χ1) is 18.2. The second kappa shape index (κ2) is 9.79. The monoisotopic (exact) mass is 501 g/mol. The van der Waals surface area contributed by atoms with Gasteiger partial charge in [0.05, 0.1) is 16.9 Å². The zero-order valence-electron chi connectivity index (χ0n) is 20.1. The molecule has 3 aromatic heterocycles. The van der Waals surface area contributed by atoms with E-state index < -0.39 is 0 Å². The van der Waals surface area contributed by atoms with Gasteiger partial charge < -0.3 is 5.32 Å². The smallest absolute Gasteiger partial charge is 0.263 e. The van der Waals surface area contributed by atoms with E-state index in [0.717, 1.165) is 38.2 Å². The van der Waals surface area contributed by atoms with Crippen LogP contribution in [0.25, 0.3) is 39.0 Å². The Balaban J connectivity index is 1.51. The van der Waals surface area contributed by atoms with Crippen LogP contribution in [0.4, 0.5) is 5.82 Å². The minimum absolute atomic E-state index is 0.0674. The third-order valence-electron chi connectivity index (χ3n) is 6.31. The topological polar surface area (TPSA) is 72.7 Å². The predicted octanol–water partition coefficient (Wildman–Crippen LogP) is 6.73. The van der Waals surface area contributed by atoms with Crippen molar-refractivity contribution in [3.05, 3.63) is 124 Å². The van der Waals surface area contributed by atoms with E-state index in [1.807, 2.05) is 97.9 Å². The van der Waals surface area contributed by atoms with E-state index in [2.05, 4.69) is 26.3 Å². The predicted molar refractivity (Wildman–Crippen MR) is 152 cm³/mol. The molecule has 0 saturated carbocycles. The van der Waals surface area contributed by atoms with Crippen LogP contribution in [0.2, 0.25) is 0 Å². The van der Waals surface area contributed by atoms with Gasteiger partial charge in [0.2, 0.25) is 0 Å². The van der Waals surface area contributed by atoms with Crippen LogP contribution < -0.4 is 10.9 Å². The third kappa shape index (κ3) is 4.41. The first-order valence-corrected chi connectivity index (χ1v) is 12.8. The number of para-hydroxylation sites is 1. The van der Waals surface area contributed by atoms with E-state index in [0.29, 0.717) is 11.2 Å². The van der Waals surface area contributed by atoms with Crippen molar-refractivity contribution >= 4 is 50.4 Å². The van der Waals surface area contributed by atoms with Crippen molar-refractivity contribution < 1.29 is 0 Å². The van der Waals surface area contributed by atoms with Crippen LogP contribution in [0.5, 0.6) is 0 Å². The molecular formula is C30H23N5OS. The maximum atomic E-state index is 14.2. The lowest BCUT2D eigenvalue weighted by molar-refractivity contribution is 0.774. The second-order valence-electron chi connectivity index (χ2n) is 8.70. The maximum Gasteiger partial charge on any atom is 0.263 e. The molecule has 0 fully saturated rings. The van der Waals surface area contributed by atoms with E-state index in [1.54, 1.807) is 10.1 Å². The van der Waals surface area contributed by atoms with Crippen LogP contribution in [-0.4, -0.2) is 19.5 Å². The van der Waals surface area contributed by atoms with Crippen LogP contribution in [0.1, 0.15) is 29.8 Å². The number of hydrogen-bond donors (Lipinski definition) is 1. The number of pyridine rings is 1. The van der Waals surface area contributed by atoms with Gasteiger partial charge in [0, 0.05) is 11.4 Å². The molecular weight excluding hydrogens is 478 g/mol. The van der Waals surface area contributed by atoms with Gasteiger partial charge in [-0.1, -0.05) is 78.9 Å². The molecule has 0 radical (unpaired) electrons. The maximum absolute atomic E-state index is 14.2. The van der Waals surface area contributed by atoms with Gasteiger partial charge in [-0.15, -0.1) is 11.3 Å². The highest BCUT2D eigenvalue weighted by molar-refractivity contribution is 7.16. The number of nitrogens with one attached hydrogen (secondary N) is 1. The number of benzene rings is 3. The lowest BCUT2D eigenvalue weighted by Gasteiger charge is -2.22. The highest BCUT2D eigenvalue weighted by atomic mass is 32.1. The number of hydrogen-bond acceptors (Lipinski definition) is 6. The summed E-state index contributed by atoms with van der Waals surface area (Å²) >= 11 is 1.47. The molecule has 0 aliphatic rings. The van der Waals surface area contributed by atoms with Gasteiger partial charge in [-0.05, 0) is 41.6 Å². The lowest BCUT2D eigenvalue weighted by Crippen LogP contribution is -2.26. The SMILES string of the molecule is CC(Nc1ncnc2scnc12)c1cc2cccc(C=Cc3ccccc3)c2c(=O)n1-c1ccccc1. The van der Waals surface area contributed by atoms with Gasteiger partial charge >= 0.3 is 0 Å². The molecule has 0 saturated heterocycles. The molecule has 6 rings (SSSR count). The summed E-state index contributed by atoms with van der Waals surface area (Å²) in [4.78, 5) is 28.1. The van der Waals surface area contributed by atoms with E-state index in [1.165, 1.54) is 17.7 Å². The Morgan fingerprint density at radius 3 is 2.49 bits per heavy atom. The van der Waals surface area contributed by atoms with Gasteiger partial charge in [-0.3, -0.25) is 9.36 Å². The summed E-state index contributed by atoms with van der Waals surface area (Å²) in [5.74, 6) is 0.644. The minimum Gasteiger partial charge on any atom is -0.360 e. The van der Waals surface area contributed by atoms with E-state index in [9.17, 15) is 4.79 Å². The summed E-state index contributed by atoms with van der Waals surface area (Å²) in [7, 11) is 0. The Bertz CT molecular complexity index is 1790. The molecule has 0 amide bonds. The minimum atomic E-state index is -0.236. The number of rotatable bonds is 6. The molecule has 0 spiro atoms. The Kier molecular flexibility index (Phi) is 6.04. The largest absolute Gasteiger partial charge is 0.360 e. The zero-order chi connectivity index (χ0) is 25.2. The Morgan fingerprint density at radius 1 is 0.892 bits per heavy atom. The molecule has 3 aromatic carbocycles. The summed E-state index contributed by atoms with van der Waals surface area (Å²) in [6, 6.07) is 27.6. The highest BCUT2D eigenvalue weighted by Crippen LogP contribution is 2.28. The Hall–Kier alpha value is -4.62.